The molecule has 16 heavy (non-hydrogen) atoms. The van der Waals surface area contributed by atoms with Gasteiger partial charge in [-0.15, -0.1) is 0 Å². The van der Waals surface area contributed by atoms with Gasteiger partial charge in [-0.1, -0.05) is 12.1 Å². The molecular weight excluding hydrogens is 206 g/mol. The Labute approximate surface area is 89.8 Å². The maximum Gasteiger partial charge on any atom is 0.290 e. The lowest BCUT2D eigenvalue weighted by Crippen LogP contribution is -2.02. The van der Waals surface area contributed by atoms with Gasteiger partial charge >= 0.3 is 0 Å². The third kappa shape index (κ3) is 1.08. The van der Waals surface area contributed by atoms with E-state index < -0.39 is 0 Å². The number of H-pyrrole nitrogens is 2. The summed E-state index contributed by atoms with van der Waals surface area (Å²) in [6.07, 6.45) is 1.82. The van der Waals surface area contributed by atoms with E-state index in [-0.39, 0.29) is 11.4 Å². The molecule has 5 heteroatoms. The number of benzene rings is 1. The zero-order valence-corrected chi connectivity index (χ0v) is 8.28. The Bertz CT molecular complexity index is 705. The molecule has 0 bridgehead atoms. The van der Waals surface area contributed by atoms with Crippen LogP contribution in [0.25, 0.3) is 22.0 Å². The normalized spacial score (nSPS) is 11.0. The topological polar surface area (TPSA) is 87.8 Å². The highest BCUT2D eigenvalue weighted by Crippen LogP contribution is 2.29. The molecular formula is C11H9N3O2. The molecule has 0 saturated heterocycles. The number of rotatable bonds is 1. The third-order valence-electron chi connectivity index (χ3n) is 2.59. The number of nitrogen functional groups attached to an aromatic ring is 1. The molecule has 0 saturated carbocycles. The number of aromatic amines is 2. The van der Waals surface area contributed by atoms with Crippen LogP contribution in [0.4, 0.5) is 5.88 Å². The second-order valence-corrected chi connectivity index (χ2v) is 3.52. The fourth-order valence-corrected chi connectivity index (χ4v) is 1.87. The first-order valence-corrected chi connectivity index (χ1v) is 4.81. The molecule has 4 N–H and O–H groups in total. The first kappa shape index (κ1) is 8.84. The lowest BCUT2D eigenvalue weighted by Gasteiger charge is -1.99. The lowest BCUT2D eigenvalue weighted by atomic mass is 10.0. The molecule has 5 nitrogen and oxygen atoms in total. The molecule has 0 atom stereocenters. The van der Waals surface area contributed by atoms with E-state index in [9.17, 15) is 4.79 Å². The van der Waals surface area contributed by atoms with Gasteiger partial charge in [0.1, 0.15) is 5.56 Å². The SMILES string of the molecule is Nc1o[nH]c(=O)c1-c1cccc2[nH]ccc12. The van der Waals surface area contributed by atoms with E-state index in [4.69, 9.17) is 10.3 Å². The molecule has 3 rings (SSSR count). The van der Waals surface area contributed by atoms with Crippen molar-refractivity contribution < 1.29 is 4.52 Å². The van der Waals surface area contributed by atoms with Crippen LogP contribution >= 0.6 is 0 Å². The standard InChI is InChI=1S/C11H9N3O2/c12-10-9(11(15)14-16-10)7-2-1-3-8-6(7)4-5-13-8/h1-5,13H,12H2,(H,14,15). The lowest BCUT2D eigenvalue weighted by molar-refractivity contribution is 0.430. The van der Waals surface area contributed by atoms with Gasteiger partial charge in [0, 0.05) is 22.7 Å². The fourth-order valence-electron chi connectivity index (χ4n) is 1.87. The van der Waals surface area contributed by atoms with E-state index >= 15 is 0 Å². The highest BCUT2D eigenvalue weighted by atomic mass is 16.5. The van der Waals surface area contributed by atoms with Crippen LogP contribution in [-0.2, 0) is 0 Å². The minimum Gasteiger partial charge on any atom is -0.367 e. The van der Waals surface area contributed by atoms with Gasteiger partial charge in [-0.2, -0.15) is 5.16 Å². The predicted molar refractivity (Wildman–Crippen MR) is 61.0 cm³/mol. The number of fused-ring (bicyclic) bond motifs is 1. The van der Waals surface area contributed by atoms with Gasteiger partial charge in [0.15, 0.2) is 0 Å². The van der Waals surface area contributed by atoms with E-state index in [2.05, 4.69) is 10.1 Å². The number of anilines is 1. The van der Waals surface area contributed by atoms with E-state index in [0.29, 0.717) is 5.56 Å². The molecule has 0 aliphatic carbocycles. The third-order valence-corrected chi connectivity index (χ3v) is 2.59. The summed E-state index contributed by atoms with van der Waals surface area (Å²) in [6.45, 7) is 0. The van der Waals surface area contributed by atoms with Crippen LogP contribution in [0, 0.1) is 0 Å². The maximum absolute atomic E-state index is 11.6. The molecule has 0 unspecified atom stereocenters. The summed E-state index contributed by atoms with van der Waals surface area (Å²) in [5, 5.41) is 3.17. The molecule has 0 amide bonds. The van der Waals surface area contributed by atoms with Gasteiger partial charge in [0.05, 0.1) is 0 Å². The summed E-state index contributed by atoms with van der Waals surface area (Å²) in [5.74, 6) is 0.110. The largest absolute Gasteiger partial charge is 0.367 e. The van der Waals surface area contributed by atoms with E-state index in [0.717, 1.165) is 16.5 Å². The molecule has 0 fully saturated rings. The highest BCUT2D eigenvalue weighted by Gasteiger charge is 2.14. The summed E-state index contributed by atoms with van der Waals surface area (Å²) in [6, 6.07) is 7.53. The molecule has 2 heterocycles. The van der Waals surface area contributed by atoms with Crippen molar-refractivity contribution in [1.82, 2.24) is 10.1 Å². The van der Waals surface area contributed by atoms with Crippen molar-refractivity contribution >= 4 is 16.8 Å². The van der Waals surface area contributed by atoms with Crippen molar-refractivity contribution in [2.75, 3.05) is 5.73 Å². The monoisotopic (exact) mass is 215 g/mol. The van der Waals surface area contributed by atoms with Gasteiger partial charge < -0.3 is 15.2 Å². The Morgan fingerprint density at radius 2 is 2.12 bits per heavy atom. The second kappa shape index (κ2) is 3.03. The number of hydrogen-bond donors (Lipinski definition) is 3. The van der Waals surface area contributed by atoms with Gasteiger partial charge in [0.25, 0.3) is 5.56 Å². The molecule has 0 radical (unpaired) electrons. The van der Waals surface area contributed by atoms with Gasteiger partial charge in [-0.3, -0.25) is 4.79 Å². The second-order valence-electron chi connectivity index (χ2n) is 3.52. The van der Waals surface area contributed by atoms with Gasteiger partial charge in [-0.25, -0.2) is 0 Å². The van der Waals surface area contributed by atoms with Crippen LogP contribution in [0.1, 0.15) is 0 Å². The van der Waals surface area contributed by atoms with Crippen molar-refractivity contribution in [3.05, 3.63) is 40.8 Å². The summed E-state index contributed by atoms with van der Waals surface area (Å²) in [5.41, 5.74) is 7.42. The summed E-state index contributed by atoms with van der Waals surface area (Å²) in [7, 11) is 0. The Balaban J connectivity index is 2.42. The van der Waals surface area contributed by atoms with Gasteiger partial charge in [0.2, 0.25) is 5.88 Å². The molecule has 2 aromatic heterocycles. The number of aromatic nitrogens is 2. The number of hydrogen-bond acceptors (Lipinski definition) is 3. The quantitative estimate of drug-likeness (QED) is 0.577. The van der Waals surface area contributed by atoms with Crippen molar-refractivity contribution in [3.63, 3.8) is 0 Å². The first-order chi connectivity index (χ1) is 7.77. The molecule has 3 aromatic rings. The Hall–Kier alpha value is -2.43. The maximum atomic E-state index is 11.6. The van der Waals surface area contributed by atoms with Crippen LogP contribution < -0.4 is 11.3 Å². The molecule has 80 valence electrons. The van der Waals surface area contributed by atoms with E-state index in [1.807, 2.05) is 30.5 Å². The smallest absolute Gasteiger partial charge is 0.290 e. The van der Waals surface area contributed by atoms with Crippen molar-refractivity contribution in [2.24, 2.45) is 0 Å². The summed E-state index contributed by atoms with van der Waals surface area (Å²) in [4.78, 5) is 14.6. The number of nitrogens with one attached hydrogen (secondary N) is 2. The van der Waals surface area contributed by atoms with Crippen LogP contribution in [0.2, 0.25) is 0 Å². The zero-order valence-electron chi connectivity index (χ0n) is 8.28. The van der Waals surface area contributed by atoms with E-state index in [1.165, 1.54) is 0 Å². The van der Waals surface area contributed by atoms with Crippen LogP contribution in [0.3, 0.4) is 0 Å². The molecule has 0 aliphatic rings. The van der Waals surface area contributed by atoms with Crippen LogP contribution in [-0.4, -0.2) is 10.1 Å². The van der Waals surface area contributed by atoms with Crippen LogP contribution in [0.5, 0.6) is 0 Å². The molecule has 1 aromatic carbocycles. The fraction of sp³-hybridized carbons (Fsp3) is 0. The first-order valence-electron chi connectivity index (χ1n) is 4.81. The Morgan fingerprint density at radius 1 is 1.25 bits per heavy atom. The highest BCUT2D eigenvalue weighted by molar-refractivity contribution is 5.96. The summed E-state index contributed by atoms with van der Waals surface area (Å²) < 4.78 is 4.81. The average molecular weight is 215 g/mol. The van der Waals surface area contributed by atoms with Crippen molar-refractivity contribution in [3.8, 4) is 11.1 Å². The van der Waals surface area contributed by atoms with Crippen molar-refractivity contribution in [2.45, 2.75) is 0 Å². The van der Waals surface area contributed by atoms with Crippen LogP contribution in [0.15, 0.2) is 39.8 Å². The van der Waals surface area contributed by atoms with Crippen molar-refractivity contribution in [1.29, 1.82) is 0 Å². The molecule has 0 aliphatic heterocycles. The number of nitrogens with two attached hydrogens (primary N) is 1. The summed E-state index contributed by atoms with van der Waals surface area (Å²) >= 11 is 0. The minimum atomic E-state index is -0.314. The molecule has 0 spiro atoms. The average Bonchev–Trinajstić information content (AvgIpc) is 2.86. The van der Waals surface area contributed by atoms with E-state index in [1.54, 1.807) is 0 Å². The van der Waals surface area contributed by atoms with Gasteiger partial charge in [-0.05, 0) is 12.1 Å². The Morgan fingerprint density at radius 3 is 2.88 bits per heavy atom. The minimum absolute atomic E-state index is 0.110. The Kier molecular flexibility index (Phi) is 1.67. The predicted octanol–water partition coefficient (Wildman–Crippen LogP) is 1.70. The zero-order chi connectivity index (χ0) is 11.1.